The molecule has 0 amide bonds. The summed E-state index contributed by atoms with van der Waals surface area (Å²) in [5.74, 6) is -0.278. The highest BCUT2D eigenvalue weighted by Crippen LogP contribution is 1.97. The summed E-state index contributed by atoms with van der Waals surface area (Å²) in [5.41, 5.74) is 0. The third kappa shape index (κ3) is 2.86. The highest BCUT2D eigenvalue weighted by Gasteiger charge is 2.18. The van der Waals surface area contributed by atoms with Crippen molar-refractivity contribution in [3.8, 4) is 0 Å². The smallest absolute Gasteiger partial charge is 0.332 e. The van der Waals surface area contributed by atoms with Gasteiger partial charge in [-0.25, -0.2) is 4.79 Å². The van der Waals surface area contributed by atoms with Crippen LogP contribution in [0.2, 0.25) is 0 Å². The monoisotopic (exact) mass is 159 g/mol. The lowest BCUT2D eigenvalue weighted by molar-refractivity contribution is -0.151. The largest absolute Gasteiger partial charge is 0.464 e. The summed E-state index contributed by atoms with van der Waals surface area (Å²) in [5, 5.41) is 3.04. The van der Waals surface area contributed by atoms with Gasteiger partial charge in [0.15, 0.2) is 0 Å². The van der Waals surface area contributed by atoms with E-state index in [2.05, 4.69) is 10.1 Å². The fraction of sp³-hybridized carbons (Fsp3) is 0.857. The van der Waals surface area contributed by atoms with E-state index in [0.717, 1.165) is 13.1 Å². The van der Waals surface area contributed by atoms with Gasteiger partial charge >= 0.3 is 5.97 Å². The second kappa shape index (κ2) is 4.31. The average Bonchev–Trinajstić information content (AvgIpc) is 1.85. The van der Waals surface area contributed by atoms with Crippen LogP contribution in [-0.2, 0) is 14.3 Å². The lowest BCUT2D eigenvalue weighted by atomic mass is 10.2. The number of nitrogens with one attached hydrogen (secondary N) is 1. The van der Waals surface area contributed by atoms with Crippen LogP contribution in [0.1, 0.15) is 6.92 Å². The Hall–Kier alpha value is -0.610. The predicted octanol–water partition coefficient (Wildman–Crippen LogP) is -0.462. The number of ether oxygens (including phenoxy) is 2. The Morgan fingerprint density at radius 3 is 2.82 bits per heavy atom. The molecule has 0 radical (unpaired) electrons. The number of esters is 1. The molecule has 11 heavy (non-hydrogen) atoms. The second-order valence-electron chi connectivity index (χ2n) is 2.40. The molecule has 4 heteroatoms. The molecule has 1 aliphatic rings. The van der Waals surface area contributed by atoms with Gasteiger partial charge in [-0.3, -0.25) is 0 Å². The van der Waals surface area contributed by atoms with Gasteiger partial charge in [0, 0.05) is 13.1 Å². The van der Waals surface area contributed by atoms with Crippen molar-refractivity contribution in [3.05, 3.63) is 0 Å². The first-order chi connectivity index (χ1) is 5.33. The number of carbonyl (C=O) groups is 1. The minimum Gasteiger partial charge on any atom is -0.464 e. The van der Waals surface area contributed by atoms with Crippen LogP contribution in [0, 0.1) is 0 Å². The zero-order chi connectivity index (χ0) is 8.10. The molecule has 0 aromatic rings. The number of hydrogen-bond donors (Lipinski definition) is 1. The van der Waals surface area contributed by atoms with Crippen LogP contribution >= 0.6 is 0 Å². The second-order valence-corrected chi connectivity index (χ2v) is 2.40. The Morgan fingerprint density at radius 2 is 2.36 bits per heavy atom. The Labute approximate surface area is 65.9 Å². The third-order valence-electron chi connectivity index (χ3n) is 1.49. The van der Waals surface area contributed by atoms with E-state index in [-0.39, 0.29) is 18.7 Å². The molecule has 4 nitrogen and oxygen atoms in total. The SMILES string of the molecule is CCOC(=O)COC1CNC1. The predicted molar refractivity (Wildman–Crippen MR) is 39.2 cm³/mol. The van der Waals surface area contributed by atoms with E-state index in [4.69, 9.17) is 4.74 Å². The van der Waals surface area contributed by atoms with Gasteiger partial charge in [-0.1, -0.05) is 0 Å². The van der Waals surface area contributed by atoms with Crippen molar-refractivity contribution >= 4 is 5.97 Å². The Bertz CT molecular complexity index is 134. The molecule has 1 fully saturated rings. The third-order valence-corrected chi connectivity index (χ3v) is 1.49. The van der Waals surface area contributed by atoms with Crippen LogP contribution in [0.4, 0.5) is 0 Å². The maximum atomic E-state index is 10.7. The van der Waals surface area contributed by atoms with Crippen molar-refractivity contribution < 1.29 is 14.3 Å². The van der Waals surface area contributed by atoms with Crippen LogP contribution in [-0.4, -0.2) is 38.4 Å². The van der Waals surface area contributed by atoms with Crippen LogP contribution in [0.5, 0.6) is 0 Å². The number of carbonyl (C=O) groups excluding carboxylic acids is 1. The van der Waals surface area contributed by atoms with Gasteiger partial charge < -0.3 is 14.8 Å². The van der Waals surface area contributed by atoms with Crippen LogP contribution in [0.15, 0.2) is 0 Å². The summed E-state index contributed by atoms with van der Waals surface area (Å²) < 4.78 is 9.83. The zero-order valence-corrected chi connectivity index (χ0v) is 6.63. The molecular formula is C7H13NO3. The summed E-state index contributed by atoms with van der Waals surface area (Å²) in [6.07, 6.45) is 0.208. The topological polar surface area (TPSA) is 47.6 Å². The van der Waals surface area contributed by atoms with Crippen LogP contribution in [0.3, 0.4) is 0 Å². The molecule has 1 rings (SSSR count). The van der Waals surface area contributed by atoms with E-state index in [1.54, 1.807) is 6.92 Å². The van der Waals surface area contributed by atoms with Crippen LogP contribution < -0.4 is 5.32 Å². The van der Waals surface area contributed by atoms with Crippen molar-refractivity contribution in [2.24, 2.45) is 0 Å². The molecule has 0 aliphatic carbocycles. The molecule has 1 aliphatic heterocycles. The first-order valence-electron chi connectivity index (χ1n) is 3.81. The zero-order valence-electron chi connectivity index (χ0n) is 6.63. The highest BCUT2D eigenvalue weighted by atomic mass is 16.6. The lowest BCUT2D eigenvalue weighted by Gasteiger charge is -2.26. The Morgan fingerprint density at radius 1 is 1.64 bits per heavy atom. The van der Waals surface area contributed by atoms with E-state index in [9.17, 15) is 4.79 Å². The van der Waals surface area contributed by atoms with Crippen molar-refractivity contribution in [1.29, 1.82) is 0 Å². The molecule has 1 heterocycles. The lowest BCUT2D eigenvalue weighted by Crippen LogP contribution is -2.49. The molecular weight excluding hydrogens is 146 g/mol. The van der Waals surface area contributed by atoms with Crippen molar-refractivity contribution in [2.45, 2.75) is 13.0 Å². The van der Waals surface area contributed by atoms with E-state index in [1.165, 1.54) is 0 Å². The first-order valence-corrected chi connectivity index (χ1v) is 3.81. The van der Waals surface area contributed by atoms with E-state index in [1.807, 2.05) is 0 Å². The van der Waals surface area contributed by atoms with Gasteiger partial charge in [0.05, 0.1) is 12.7 Å². The fourth-order valence-electron chi connectivity index (χ4n) is 0.769. The highest BCUT2D eigenvalue weighted by molar-refractivity contribution is 5.70. The Kier molecular flexibility index (Phi) is 3.32. The van der Waals surface area contributed by atoms with Crippen molar-refractivity contribution in [2.75, 3.05) is 26.3 Å². The fourth-order valence-corrected chi connectivity index (χ4v) is 0.769. The quantitative estimate of drug-likeness (QED) is 0.564. The van der Waals surface area contributed by atoms with Gasteiger partial charge in [-0.05, 0) is 6.92 Å². The van der Waals surface area contributed by atoms with Gasteiger partial charge in [0.2, 0.25) is 0 Å². The molecule has 1 N–H and O–H groups in total. The molecule has 1 saturated heterocycles. The van der Waals surface area contributed by atoms with E-state index in [0.29, 0.717) is 6.61 Å². The Balaban J connectivity index is 1.96. The minimum absolute atomic E-state index is 0.0835. The maximum absolute atomic E-state index is 10.7. The normalized spacial score (nSPS) is 17.5. The van der Waals surface area contributed by atoms with E-state index >= 15 is 0 Å². The summed E-state index contributed by atoms with van der Waals surface area (Å²) >= 11 is 0. The van der Waals surface area contributed by atoms with E-state index < -0.39 is 0 Å². The number of rotatable bonds is 4. The summed E-state index contributed by atoms with van der Waals surface area (Å²) in [6, 6.07) is 0. The standard InChI is InChI=1S/C7H13NO3/c1-2-10-7(9)5-11-6-3-8-4-6/h6,8H,2-5H2,1H3. The molecule has 0 bridgehead atoms. The van der Waals surface area contributed by atoms with Gasteiger partial charge in [-0.2, -0.15) is 0 Å². The van der Waals surface area contributed by atoms with Gasteiger partial charge in [-0.15, -0.1) is 0 Å². The van der Waals surface area contributed by atoms with Crippen molar-refractivity contribution in [1.82, 2.24) is 5.32 Å². The van der Waals surface area contributed by atoms with Crippen LogP contribution in [0.25, 0.3) is 0 Å². The van der Waals surface area contributed by atoms with Gasteiger partial charge in [0.1, 0.15) is 6.61 Å². The molecule has 64 valence electrons. The molecule has 0 aromatic heterocycles. The summed E-state index contributed by atoms with van der Waals surface area (Å²) in [4.78, 5) is 10.7. The van der Waals surface area contributed by atoms with Crippen molar-refractivity contribution in [3.63, 3.8) is 0 Å². The average molecular weight is 159 g/mol. The molecule has 0 spiro atoms. The summed E-state index contributed by atoms with van der Waals surface area (Å²) in [7, 11) is 0. The maximum Gasteiger partial charge on any atom is 0.332 e. The number of hydrogen-bond acceptors (Lipinski definition) is 4. The first kappa shape index (κ1) is 8.49. The minimum atomic E-state index is -0.278. The molecule has 0 saturated carbocycles. The molecule has 0 unspecified atom stereocenters. The van der Waals surface area contributed by atoms with Gasteiger partial charge in [0.25, 0.3) is 0 Å². The molecule has 0 aromatic carbocycles. The summed E-state index contributed by atoms with van der Waals surface area (Å²) in [6.45, 7) is 3.98. The molecule has 0 atom stereocenters.